The van der Waals surface area contributed by atoms with Crippen LogP contribution in [0.2, 0.25) is 0 Å². The van der Waals surface area contributed by atoms with Crippen molar-refractivity contribution in [3.63, 3.8) is 0 Å². The first-order chi connectivity index (χ1) is 12.0. The van der Waals surface area contributed by atoms with Crippen molar-refractivity contribution in [1.29, 1.82) is 0 Å². The summed E-state index contributed by atoms with van der Waals surface area (Å²) in [7, 11) is 0. The molecule has 0 radical (unpaired) electrons. The van der Waals surface area contributed by atoms with Crippen molar-refractivity contribution in [2.75, 3.05) is 5.32 Å². The fourth-order valence-electron chi connectivity index (χ4n) is 5.21. The molecule has 2 saturated carbocycles. The Morgan fingerprint density at radius 1 is 1.00 bits per heavy atom. The molecule has 0 spiro atoms. The average molecular weight is 333 g/mol. The molecule has 0 heterocycles. The second-order valence-corrected chi connectivity index (χ2v) is 8.39. The van der Waals surface area contributed by atoms with Gasteiger partial charge in [-0.1, -0.05) is 69.3 Å². The number of anilines is 1. The summed E-state index contributed by atoms with van der Waals surface area (Å²) in [6.07, 6.45) is 1.05. The van der Waals surface area contributed by atoms with E-state index >= 15 is 0 Å². The van der Waals surface area contributed by atoms with Gasteiger partial charge in [-0.2, -0.15) is 0 Å². The van der Waals surface area contributed by atoms with Crippen LogP contribution in [0.4, 0.5) is 5.69 Å². The lowest BCUT2D eigenvalue weighted by Crippen LogP contribution is -2.43. The maximum Gasteiger partial charge on any atom is 0.142 e. The van der Waals surface area contributed by atoms with Crippen molar-refractivity contribution in [2.24, 2.45) is 29.1 Å². The number of fused-ring (bicyclic) bond motifs is 2. The molecular weight excluding hydrogens is 306 g/mol. The number of benzene rings is 2. The number of hydrogen-bond acceptors (Lipinski definition) is 2. The number of rotatable bonds is 4. The van der Waals surface area contributed by atoms with Crippen molar-refractivity contribution in [3.05, 3.63) is 66.2 Å². The number of carbonyl (C=O) groups is 1. The number of nitrogens with one attached hydrogen (secondary N) is 1. The molecule has 1 N–H and O–H groups in total. The van der Waals surface area contributed by atoms with Crippen molar-refractivity contribution in [3.8, 4) is 0 Å². The van der Waals surface area contributed by atoms with E-state index in [9.17, 15) is 4.79 Å². The summed E-state index contributed by atoms with van der Waals surface area (Å²) in [6.45, 7) is 6.97. The Morgan fingerprint density at radius 2 is 1.60 bits per heavy atom. The highest BCUT2D eigenvalue weighted by atomic mass is 16.1. The first-order valence-corrected chi connectivity index (χ1v) is 9.40. The van der Waals surface area contributed by atoms with E-state index in [-0.39, 0.29) is 23.3 Å². The van der Waals surface area contributed by atoms with Gasteiger partial charge >= 0.3 is 0 Å². The molecule has 5 atom stereocenters. The van der Waals surface area contributed by atoms with Crippen LogP contribution >= 0.6 is 0 Å². The topological polar surface area (TPSA) is 29.1 Å². The van der Waals surface area contributed by atoms with Gasteiger partial charge in [-0.3, -0.25) is 4.79 Å². The molecule has 2 aromatic rings. The van der Waals surface area contributed by atoms with Gasteiger partial charge in [-0.05, 0) is 41.4 Å². The predicted molar refractivity (Wildman–Crippen MR) is 102 cm³/mol. The van der Waals surface area contributed by atoms with Gasteiger partial charge in [-0.15, -0.1) is 0 Å². The zero-order valence-corrected chi connectivity index (χ0v) is 15.3. The molecular formula is C23H27NO. The summed E-state index contributed by atoms with van der Waals surface area (Å²) in [5.41, 5.74) is 2.51. The van der Waals surface area contributed by atoms with E-state index in [1.807, 2.05) is 24.3 Å². The predicted octanol–water partition coefficient (Wildman–Crippen LogP) is 5.34. The van der Waals surface area contributed by atoms with Crippen LogP contribution in [0, 0.1) is 29.1 Å². The SMILES string of the molecule is C[C@@H]1[C@H]2C[C@@H]([C@H]([C@@H](Nc3ccccc3)c3ccccc3)C2=O)C1(C)C. The summed E-state index contributed by atoms with van der Waals surface area (Å²) in [5, 5.41) is 3.68. The van der Waals surface area contributed by atoms with Gasteiger partial charge in [0.1, 0.15) is 5.78 Å². The molecule has 2 fully saturated rings. The lowest BCUT2D eigenvalue weighted by atomic mass is 9.62. The van der Waals surface area contributed by atoms with Gasteiger partial charge in [0.15, 0.2) is 0 Å². The van der Waals surface area contributed by atoms with Crippen molar-refractivity contribution < 1.29 is 4.79 Å². The first kappa shape index (κ1) is 16.4. The fourth-order valence-corrected chi connectivity index (χ4v) is 5.21. The van der Waals surface area contributed by atoms with Gasteiger partial charge in [0.25, 0.3) is 0 Å². The highest BCUT2D eigenvalue weighted by Gasteiger charge is 2.61. The Hall–Kier alpha value is -2.09. The largest absolute Gasteiger partial charge is 0.377 e. The standard InChI is InChI=1S/C23H27NO/c1-15-18-14-19(23(15,2)3)20(22(18)25)21(16-10-6-4-7-11-16)24-17-12-8-5-9-13-17/h4-13,15,18-21,24H,14H2,1-3H3/t15-,18-,19+,20-,21+/m1/s1. The van der Waals surface area contributed by atoms with E-state index in [2.05, 4.69) is 62.5 Å². The van der Waals surface area contributed by atoms with Crippen LogP contribution in [0.15, 0.2) is 60.7 Å². The lowest BCUT2D eigenvalue weighted by molar-refractivity contribution is -0.131. The molecule has 0 saturated heterocycles. The lowest BCUT2D eigenvalue weighted by Gasteiger charge is -2.43. The zero-order valence-electron chi connectivity index (χ0n) is 15.3. The minimum atomic E-state index is 0.0397. The molecule has 2 aromatic carbocycles. The van der Waals surface area contributed by atoms with Crippen LogP contribution in [-0.2, 0) is 4.79 Å². The molecule has 2 aliphatic rings. The molecule has 25 heavy (non-hydrogen) atoms. The van der Waals surface area contributed by atoms with Gasteiger partial charge in [0, 0.05) is 17.5 Å². The maximum atomic E-state index is 13.2. The third-order valence-corrected chi connectivity index (χ3v) is 6.98. The summed E-state index contributed by atoms with van der Waals surface area (Å²) in [4.78, 5) is 13.2. The number of Topliss-reactive ketones (excluding diaryl/α,β-unsaturated/α-hetero) is 1. The Morgan fingerprint density at radius 3 is 2.20 bits per heavy atom. The summed E-state index contributed by atoms with van der Waals surface area (Å²) in [6, 6.07) is 20.8. The molecule has 0 unspecified atom stereocenters. The third kappa shape index (κ3) is 2.59. The maximum absolute atomic E-state index is 13.2. The van der Waals surface area contributed by atoms with E-state index in [0.29, 0.717) is 17.6 Å². The van der Waals surface area contributed by atoms with Crippen LogP contribution in [-0.4, -0.2) is 5.78 Å². The number of para-hydroxylation sites is 1. The van der Waals surface area contributed by atoms with Crippen molar-refractivity contribution in [1.82, 2.24) is 0 Å². The number of carbonyl (C=O) groups excluding carboxylic acids is 1. The normalized spacial score (nSPS) is 31.1. The Kier molecular flexibility index (Phi) is 3.94. The monoisotopic (exact) mass is 333 g/mol. The summed E-state index contributed by atoms with van der Waals surface area (Å²) < 4.78 is 0. The van der Waals surface area contributed by atoms with E-state index in [1.165, 1.54) is 5.56 Å². The van der Waals surface area contributed by atoms with Crippen LogP contribution in [0.1, 0.15) is 38.8 Å². The van der Waals surface area contributed by atoms with Gasteiger partial charge in [-0.25, -0.2) is 0 Å². The smallest absolute Gasteiger partial charge is 0.142 e. The summed E-state index contributed by atoms with van der Waals surface area (Å²) >= 11 is 0. The van der Waals surface area contributed by atoms with E-state index in [4.69, 9.17) is 0 Å². The van der Waals surface area contributed by atoms with E-state index in [0.717, 1.165) is 12.1 Å². The van der Waals surface area contributed by atoms with Gasteiger partial charge < -0.3 is 5.32 Å². The second kappa shape index (κ2) is 6.01. The van der Waals surface area contributed by atoms with Crippen LogP contribution in [0.25, 0.3) is 0 Å². The molecule has 0 aromatic heterocycles. The Bertz CT molecular complexity index is 752. The highest BCUT2D eigenvalue weighted by molar-refractivity contribution is 5.89. The zero-order chi connectivity index (χ0) is 17.6. The molecule has 2 heteroatoms. The average Bonchev–Trinajstić information content (AvgIpc) is 3.08. The molecule has 0 amide bonds. The molecule has 0 aliphatic heterocycles. The van der Waals surface area contributed by atoms with Gasteiger partial charge in [0.05, 0.1) is 6.04 Å². The number of ketones is 1. The fraction of sp³-hybridized carbons (Fsp3) is 0.435. The van der Waals surface area contributed by atoms with Crippen LogP contribution in [0.5, 0.6) is 0 Å². The molecule has 130 valence electrons. The van der Waals surface area contributed by atoms with E-state index in [1.54, 1.807) is 0 Å². The first-order valence-electron chi connectivity index (χ1n) is 9.40. The molecule has 2 nitrogen and oxygen atoms in total. The molecule has 2 bridgehead atoms. The van der Waals surface area contributed by atoms with Gasteiger partial charge in [0.2, 0.25) is 0 Å². The second-order valence-electron chi connectivity index (χ2n) is 8.39. The third-order valence-electron chi connectivity index (χ3n) is 6.98. The Balaban J connectivity index is 1.73. The van der Waals surface area contributed by atoms with Crippen molar-refractivity contribution >= 4 is 11.5 Å². The number of hydrogen-bond donors (Lipinski definition) is 1. The minimum Gasteiger partial charge on any atom is -0.377 e. The molecule has 2 aliphatic carbocycles. The minimum absolute atomic E-state index is 0.0397. The Labute approximate surface area is 150 Å². The van der Waals surface area contributed by atoms with Crippen LogP contribution in [0.3, 0.4) is 0 Å². The van der Waals surface area contributed by atoms with Crippen molar-refractivity contribution in [2.45, 2.75) is 33.2 Å². The quantitative estimate of drug-likeness (QED) is 0.818. The van der Waals surface area contributed by atoms with E-state index < -0.39 is 0 Å². The van der Waals surface area contributed by atoms with Crippen LogP contribution < -0.4 is 5.32 Å². The highest BCUT2D eigenvalue weighted by Crippen LogP contribution is 2.62. The molecule has 4 rings (SSSR count). The summed E-state index contributed by atoms with van der Waals surface area (Å²) in [5.74, 6) is 1.68.